The summed E-state index contributed by atoms with van der Waals surface area (Å²) in [5.74, 6) is 0.283. The number of anilines is 2. The van der Waals surface area contributed by atoms with Gasteiger partial charge in [0.25, 0.3) is 5.88 Å². The number of halogens is 1. The van der Waals surface area contributed by atoms with Crippen LogP contribution in [0.15, 0.2) is 30.3 Å². The number of ether oxygens (including phenoxy) is 1. The molecule has 0 aliphatic heterocycles. The van der Waals surface area contributed by atoms with Gasteiger partial charge in [-0.1, -0.05) is 18.2 Å². The maximum atomic E-state index is 14.2. The first kappa shape index (κ1) is 14.0. The molecule has 1 aromatic heterocycles. The lowest BCUT2D eigenvalue weighted by Gasteiger charge is -2.11. The summed E-state index contributed by atoms with van der Waals surface area (Å²) in [7, 11) is 0. The first-order valence-electron chi connectivity index (χ1n) is 6.52. The molecule has 0 radical (unpaired) electrons. The summed E-state index contributed by atoms with van der Waals surface area (Å²) in [6.07, 6.45) is 0. The number of aromatic nitrogens is 2. The Morgan fingerprint density at radius 2 is 1.75 bits per heavy atom. The summed E-state index contributed by atoms with van der Waals surface area (Å²) < 4.78 is 19.7. The largest absolute Gasteiger partial charge is 0.436 e. The van der Waals surface area contributed by atoms with Gasteiger partial charge in [0.15, 0.2) is 5.82 Å². The quantitative estimate of drug-likeness (QED) is 0.848. The summed E-state index contributed by atoms with van der Waals surface area (Å²) in [4.78, 5) is 8.11. The van der Waals surface area contributed by atoms with Crippen LogP contribution in [0.25, 0.3) is 0 Å². The van der Waals surface area contributed by atoms with Crippen LogP contribution >= 0.6 is 0 Å². The average Bonchev–Trinajstić information content (AvgIpc) is 2.45. The van der Waals surface area contributed by atoms with Crippen LogP contribution in [0.5, 0.6) is 11.6 Å². The van der Waals surface area contributed by atoms with E-state index in [9.17, 15) is 4.39 Å². The van der Waals surface area contributed by atoms with E-state index < -0.39 is 5.82 Å². The highest BCUT2D eigenvalue weighted by atomic mass is 19.1. The predicted octanol–water partition coefficient (Wildman–Crippen LogP) is 3.27. The van der Waals surface area contributed by atoms with Crippen molar-refractivity contribution >= 4 is 11.8 Å². The van der Waals surface area contributed by atoms with Crippen LogP contribution in [-0.4, -0.2) is 23.1 Å². The molecule has 1 heterocycles. The van der Waals surface area contributed by atoms with E-state index >= 15 is 0 Å². The maximum absolute atomic E-state index is 14.2. The molecule has 0 fully saturated rings. The SMILES string of the molecule is CCNc1nc(NCC)c(F)c(Oc2ccccc2)n1. The van der Waals surface area contributed by atoms with Gasteiger partial charge in [0.1, 0.15) is 5.75 Å². The molecule has 106 valence electrons. The molecule has 6 heteroatoms. The fourth-order valence-corrected chi connectivity index (χ4v) is 1.62. The number of hydrogen-bond donors (Lipinski definition) is 2. The fraction of sp³-hybridized carbons (Fsp3) is 0.286. The van der Waals surface area contributed by atoms with Gasteiger partial charge in [0, 0.05) is 13.1 Å². The second-order valence-corrected chi connectivity index (χ2v) is 3.99. The number of benzene rings is 1. The maximum Gasteiger partial charge on any atom is 0.263 e. The molecule has 0 saturated carbocycles. The number of nitrogens with one attached hydrogen (secondary N) is 2. The Bertz CT molecular complexity index is 563. The molecule has 20 heavy (non-hydrogen) atoms. The first-order valence-corrected chi connectivity index (χ1v) is 6.52. The molecular weight excluding hydrogens is 259 g/mol. The van der Waals surface area contributed by atoms with Gasteiger partial charge >= 0.3 is 0 Å². The highest BCUT2D eigenvalue weighted by Gasteiger charge is 2.15. The highest BCUT2D eigenvalue weighted by molar-refractivity contribution is 5.47. The Morgan fingerprint density at radius 3 is 2.40 bits per heavy atom. The molecule has 2 aromatic rings. The smallest absolute Gasteiger partial charge is 0.263 e. The van der Waals surface area contributed by atoms with Crippen molar-refractivity contribution in [1.82, 2.24) is 9.97 Å². The average molecular weight is 276 g/mol. The third kappa shape index (κ3) is 3.34. The van der Waals surface area contributed by atoms with E-state index in [2.05, 4.69) is 20.6 Å². The number of para-hydroxylation sites is 1. The zero-order valence-electron chi connectivity index (χ0n) is 11.5. The van der Waals surface area contributed by atoms with Crippen molar-refractivity contribution in [3.8, 4) is 11.6 Å². The van der Waals surface area contributed by atoms with Crippen molar-refractivity contribution in [2.24, 2.45) is 0 Å². The monoisotopic (exact) mass is 276 g/mol. The minimum Gasteiger partial charge on any atom is -0.436 e. The van der Waals surface area contributed by atoms with Crippen LogP contribution in [0.3, 0.4) is 0 Å². The van der Waals surface area contributed by atoms with Gasteiger partial charge in [-0.3, -0.25) is 0 Å². The molecule has 2 rings (SSSR count). The Kier molecular flexibility index (Phi) is 4.70. The Morgan fingerprint density at radius 1 is 1.05 bits per heavy atom. The summed E-state index contributed by atoms with van der Waals surface area (Å²) in [5, 5.41) is 5.81. The number of hydrogen-bond acceptors (Lipinski definition) is 5. The van der Waals surface area contributed by atoms with Crippen LogP contribution in [0.4, 0.5) is 16.2 Å². The van der Waals surface area contributed by atoms with Crippen LogP contribution in [-0.2, 0) is 0 Å². The molecule has 5 nitrogen and oxygen atoms in total. The normalized spacial score (nSPS) is 10.2. The van der Waals surface area contributed by atoms with E-state index in [0.717, 1.165) is 0 Å². The van der Waals surface area contributed by atoms with Crippen molar-refractivity contribution in [1.29, 1.82) is 0 Å². The molecule has 0 aliphatic rings. The van der Waals surface area contributed by atoms with E-state index in [4.69, 9.17) is 4.74 Å². The third-order valence-electron chi connectivity index (χ3n) is 2.46. The van der Waals surface area contributed by atoms with E-state index in [0.29, 0.717) is 24.8 Å². The van der Waals surface area contributed by atoms with Gasteiger partial charge in [-0.15, -0.1) is 0 Å². The van der Waals surface area contributed by atoms with Crippen LogP contribution in [0.1, 0.15) is 13.8 Å². The summed E-state index contributed by atoms with van der Waals surface area (Å²) >= 11 is 0. The summed E-state index contributed by atoms with van der Waals surface area (Å²) in [6, 6.07) is 8.95. The lowest BCUT2D eigenvalue weighted by Crippen LogP contribution is -2.09. The molecule has 0 bridgehead atoms. The van der Waals surface area contributed by atoms with E-state index in [1.807, 2.05) is 32.0 Å². The van der Waals surface area contributed by atoms with Gasteiger partial charge in [0.2, 0.25) is 11.8 Å². The van der Waals surface area contributed by atoms with Crippen molar-refractivity contribution in [2.75, 3.05) is 23.7 Å². The summed E-state index contributed by atoms with van der Waals surface area (Å²) in [5.41, 5.74) is 0. The number of rotatable bonds is 6. The van der Waals surface area contributed by atoms with Crippen molar-refractivity contribution < 1.29 is 9.13 Å². The van der Waals surface area contributed by atoms with Crippen molar-refractivity contribution in [3.05, 3.63) is 36.1 Å². The topological polar surface area (TPSA) is 59.1 Å². The summed E-state index contributed by atoms with van der Waals surface area (Å²) in [6.45, 7) is 4.98. The second-order valence-electron chi connectivity index (χ2n) is 3.99. The molecule has 0 amide bonds. The molecule has 0 saturated heterocycles. The zero-order valence-corrected chi connectivity index (χ0v) is 11.5. The van der Waals surface area contributed by atoms with Gasteiger partial charge in [0.05, 0.1) is 0 Å². The van der Waals surface area contributed by atoms with E-state index in [1.165, 1.54) is 0 Å². The van der Waals surface area contributed by atoms with E-state index in [-0.39, 0.29) is 11.7 Å². The molecule has 1 aromatic carbocycles. The Balaban J connectivity index is 2.34. The zero-order chi connectivity index (χ0) is 14.4. The minimum absolute atomic E-state index is 0.0990. The second kappa shape index (κ2) is 6.70. The highest BCUT2D eigenvalue weighted by Crippen LogP contribution is 2.27. The van der Waals surface area contributed by atoms with Gasteiger partial charge in [-0.25, -0.2) is 0 Å². The van der Waals surface area contributed by atoms with Gasteiger partial charge in [-0.2, -0.15) is 14.4 Å². The predicted molar refractivity (Wildman–Crippen MR) is 76.8 cm³/mol. The molecular formula is C14H17FN4O. The van der Waals surface area contributed by atoms with Crippen molar-refractivity contribution in [3.63, 3.8) is 0 Å². The third-order valence-corrected chi connectivity index (χ3v) is 2.46. The van der Waals surface area contributed by atoms with E-state index in [1.54, 1.807) is 12.1 Å². The van der Waals surface area contributed by atoms with Gasteiger partial charge < -0.3 is 15.4 Å². The minimum atomic E-state index is -0.600. The molecule has 2 N–H and O–H groups in total. The van der Waals surface area contributed by atoms with Gasteiger partial charge in [-0.05, 0) is 26.0 Å². The standard InChI is InChI=1S/C14H17FN4O/c1-3-16-12-11(15)13(19-14(18-12)17-4-2)20-10-8-6-5-7-9-10/h5-9H,3-4H2,1-2H3,(H2,16,17,18,19). The molecule has 0 aliphatic carbocycles. The van der Waals surface area contributed by atoms with Crippen LogP contribution < -0.4 is 15.4 Å². The number of nitrogens with zero attached hydrogens (tertiary/aromatic N) is 2. The first-order chi connectivity index (χ1) is 9.74. The fourth-order valence-electron chi connectivity index (χ4n) is 1.62. The lowest BCUT2D eigenvalue weighted by molar-refractivity contribution is 0.422. The molecule has 0 atom stereocenters. The van der Waals surface area contributed by atoms with Crippen molar-refractivity contribution in [2.45, 2.75) is 13.8 Å². The Labute approximate surface area is 117 Å². The lowest BCUT2D eigenvalue weighted by atomic mass is 10.3. The van der Waals surface area contributed by atoms with Crippen LogP contribution in [0.2, 0.25) is 0 Å². The molecule has 0 unspecified atom stereocenters. The van der Waals surface area contributed by atoms with Crippen LogP contribution in [0, 0.1) is 5.82 Å². The Hall–Kier alpha value is -2.37. The molecule has 0 spiro atoms.